The van der Waals surface area contributed by atoms with Crippen LogP contribution in [0.5, 0.6) is 0 Å². The second kappa shape index (κ2) is 6.14. The Kier molecular flexibility index (Phi) is 4.52. The third-order valence-corrected chi connectivity index (χ3v) is 4.03. The van der Waals surface area contributed by atoms with E-state index in [0.717, 1.165) is 44.1 Å². The third kappa shape index (κ3) is 3.31. The van der Waals surface area contributed by atoms with E-state index in [1.165, 1.54) is 5.56 Å². The van der Waals surface area contributed by atoms with E-state index in [4.69, 9.17) is 0 Å². The van der Waals surface area contributed by atoms with E-state index >= 15 is 0 Å². The maximum absolute atomic E-state index is 10.7. The Labute approximate surface area is 114 Å². The molecule has 0 radical (unpaired) electrons. The van der Waals surface area contributed by atoms with Gasteiger partial charge in [-0.1, -0.05) is 37.1 Å². The molecule has 1 saturated carbocycles. The Bertz CT molecular complexity index is 452. The highest BCUT2D eigenvalue weighted by Gasteiger charge is 2.35. The van der Waals surface area contributed by atoms with Crippen LogP contribution in [0.1, 0.15) is 50.2 Å². The van der Waals surface area contributed by atoms with E-state index in [9.17, 15) is 9.90 Å². The first-order valence-electron chi connectivity index (χ1n) is 7.03. The zero-order chi connectivity index (χ0) is 13.7. The van der Waals surface area contributed by atoms with Gasteiger partial charge in [0.05, 0.1) is 11.6 Å². The van der Waals surface area contributed by atoms with Crippen molar-refractivity contribution in [2.75, 3.05) is 0 Å². The Morgan fingerprint density at radius 3 is 2.47 bits per heavy atom. The summed E-state index contributed by atoms with van der Waals surface area (Å²) in [5.74, 6) is 0. The Morgan fingerprint density at radius 2 is 1.95 bits per heavy atom. The van der Waals surface area contributed by atoms with Crippen molar-refractivity contribution in [1.82, 2.24) is 0 Å². The van der Waals surface area contributed by atoms with E-state index in [-0.39, 0.29) is 11.6 Å². The van der Waals surface area contributed by atoms with Crippen LogP contribution < -0.4 is 0 Å². The minimum Gasteiger partial charge on any atom is -0.393 e. The van der Waals surface area contributed by atoms with Gasteiger partial charge in [0.2, 0.25) is 6.08 Å². The minimum atomic E-state index is -0.329. The van der Waals surface area contributed by atoms with Crippen LogP contribution in [0.4, 0.5) is 0 Å². The van der Waals surface area contributed by atoms with Gasteiger partial charge in [0.1, 0.15) is 0 Å². The van der Waals surface area contributed by atoms with Crippen LogP contribution >= 0.6 is 0 Å². The van der Waals surface area contributed by atoms with Gasteiger partial charge >= 0.3 is 0 Å². The molecule has 0 spiro atoms. The van der Waals surface area contributed by atoms with E-state index < -0.39 is 0 Å². The molecule has 0 saturated heterocycles. The fraction of sp³-hybridized carbons (Fsp3) is 0.562. The van der Waals surface area contributed by atoms with Crippen molar-refractivity contribution in [3.05, 3.63) is 35.4 Å². The molecular formula is C16H21NO2. The number of aliphatic hydroxyl groups is 1. The number of aliphatic hydroxyl groups excluding tert-OH is 1. The molecule has 0 bridgehead atoms. The van der Waals surface area contributed by atoms with Gasteiger partial charge in [-0.05, 0) is 43.7 Å². The van der Waals surface area contributed by atoms with E-state index in [2.05, 4.69) is 29.3 Å². The van der Waals surface area contributed by atoms with Crippen molar-refractivity contribution < 1.29 is 9.90 Å². The fourth-order valence-electron chi connectivity index (χ4n) is 2.87. The molecule has 0 heterocycles. The van der Waals surface area contributed by atoms with Crippen molar-refractivity contribution in [3.8, 4) is 0 Å². The molecule has 0 amide bonds. The monoisotopic (exact) mass is 259 g/mol. The lowest BCUT2D eigenvalue weighted by Gasteiger charge is -2.23. The molecule has 0 aliphatic heterocycles. The zero-order valence-electron chi connectivity index (χ0n) is 11.4. The van der Waals surface area contributed by atoms with E-state index in [1.807, 2.05) is 0 Å². The standard InChI is InChI=1S/C16H21NO2/c1-13(19)4-5-14-6-8-15(9-7-14)16(17-12-18)10-2-3-11-16/h6-9,13,19H,2-5,10-11H2,1H3. The van der Waals surface area contributed by atoms with Gasteiger partial charge < -0.3 is 5.11 Å². The first-order valence-corrected chi connectivity index (χ1v) is 7.03. The highest BCUT2D eigenvalue weighted by atomic mass is 16.3. The molecule has 1 aliphatic carbocycles. The summed E-state index contributed by atoms with van der Waals surface area (Å²) in [5, 5.41) is 9.29. The molecule has 0 aromatic heterocycles. The van der Waals surface area contributed by atoms with Crippen molar-refractivity contribution in [2.24, 2.45) is 4.99 Å². The molecule has 19 heavy (non-hydrogen) atoms. The minimum absolute atomic E-state index is 0.263. The van der Waals surface area contributed by atoms with Crippen LogP contribution in [-0.4, -0.2) is 17.3 Å². The number of aryl methyl sites for hydroxylation is 1. The maximum Gasteiger partial charge on any atom is 0.235 e. The van der Waals surface area contributed by atoms with Gasteiger partial charge in [-0.25, -0.2) is 4.79 Å². The average molecular weight is 259 g/mol. The number of carbonyl (C=O) groups excluding carboxylic acids is 1. The summed E-state index contributed by atoms with van der Waals surface area (Å²) in [6.07, 6.45) is 7.25. The molecule has 1 aliphatic rings. The topological polar surface area (TPSA) is 49.7 Å². The molecule has 1 fully saturated rings. The van der Waals surface area contributed by atoms with Crippen LogP contribution in [0, 0.1) is 0 Å². The van der Waals surface area contributed by atoms with Crippen LogP contribution in [0.2, 0.25) is 0 Å². The first-order chi connectivity index (χ1) is 9.16. The molecule has 1 aromatic carbocycles. The number of hydrogen-bond acceptors (Lipinski definition) is 3. The summed E-state index contributed by atoms with van der Waals surface area (Å²) in [7, 11) is 0. The Morgan fingerprint density at radius 1 is 1.32 bits per heavy atom. The average Bonchev–Trinajstić information content (AvgIpc) is 2.87. The quantitative estimate of drug-likeness (QED) is 0.652. The summed E-state index contributed by atoms with van der Waals surface area (Å²) in [6.45, 7) is 1.81. The number of hydrogen-bond donors (Lipinski definition) is 1. The van der Waals surface area contributed by atoms with Crippen LogP contribution in [0.25, 0.3) is 0 Å². The number of benzene rings is 1. The van der Waals surface area contributed by atoms with E-state index in [0.29, 0.717) is 0 Å². The Hall–Kier alpha value is -1.44. The lowest BCUT2D eigenvalue weighted by Crippen LogP contribution is -2.18. The maximum atomic E-state index is 10.7. The summed E-state index contributed by atoms with van der Waals surface area (Å²) >= 11 is 0. The highest BCUT2D eigenvalue weighted by Crippen LogP contribution is 2.42. The summed E-state index contributed by atoms with van der Waals surface area (Å²) in [6, 6.07) is 8.31. The van der Waals surface area contributed by atoms with Gasteiger partial charge in [0.15, 0.2) is 0 Å². The van der Waals surface area contributed by atoms with E-state index in [1.54, 1.807) is 13.0 Å². The predicted octanol–water partition coefficient (Wildman–Crippen LogP) is 3.11. The molecule has 1 atom stereocenters. The number of nitrogens with zero attached hydrogens (tertiary/aromatic N) is 1. The van der Waals surface area contributed by atoms with Gasteiger partial charge in [-0.15, -0.1) is 0 Å². The Balaban J connectivity index is 2.14. The fourth-order valence-corrected chi connectivity index (χ4v) is 2.87. The normalized spacial score (nSPS) is 18.8. The largest absolute Gasteiger partial charge is 0.393 e. The van der Waals surface area contributed by atoms with Gasteiger partial charge in [0.25, 0.3) is 0 Å². The van der Waals surface area contributed by atoms with Crippen molar-refractivity contribution in [3.63, 3.8) is 0 Å². The predicted molar refractivity (Wildman–Crippen MR) is 74.7 cm³/mol. The summed E-state index contributed by atoms with van der Waals surface area (Å²) in [5.41, 5.74) is 2.01. The lowest BCUT2D eigenvalue weighted by atomic mass is 9.88. The smallest absolute Gasteiger partial charge is 0.235 e. The number of isocyanates is 1. The second-order valence-corrected chi connectivity index (χ2v) is 5.53. The molecule has 1 aromatic rings. The van der Waals surface area contributed by atoms with Gasteiger partial charge in [0, 0.05) is 0 Å². The molecule has 3 nitrogen and oxygen atoms in total. The first kappa shape index (κ1) is 14.0. The van der Waals surface area contributed by atoms with Crippen LogP contribution in [-0.2, 0) is 16.8 Å². The highest BCUT2D eigenvalue weighted by molar-refractivity contribution is 5.39. The number of rotatable bonds is 5. The lowest BCUT2D eigenvalue weighted by molar-refractivity contribution is 0.185. The summed E-state index contributed by atoms with van der Waals surface area (Å²) < 4.78 is 0. The molecule has 3 heteroatoms. The van der Waals surface area contributed by atoms with Crippen LogP contribution in [0.15, 0.2) is 29.3 Å². The zero-order valence-corrected chi connectivity index (χ0v) is 11.4. The SMILES string of the molecule is CC(O)CCc1ccc(C2(N=C=O)CCCC2)cc1. The van der Waals surface area contributed by atoms with Crippen molar-refractivity contribution >= 4 is 6.08 Å². The molecule has 102 valence electrons. The number of aliphatic imine (C=N–C) groups is 1. The summed E-state index contributed by atoms with van der Waals surface area (Å²) in [4.78, 5) is 14.7. The van der Waals surface area contributed by atoms with Crippen molar-refractivity contribution in [2.45, 2.75) is 57.1 Å². The van der Waals surface area contributed by atoms with Gasteiger partial charge in [-0.2, -0.15) is 4.99 Å². The molecular weight excluding hydrogens is 238 g/mol. The van der Waals surface area contributed by atoms with Gasteiger partial charge in [-0.3, -0.25) is 0 Å². The second-order valence-electron chi connectivity index (χ2n) is 5.53. The third-order valence-electron chi connectivity index (χ3n) is 4.03. The molecule has 2 rings (SSSR count). The molecule has 1 N–H and O–H groups in total. The van der Waals surface area contributed by atoms with Crippen LogP contribution in [0.3, 0.4) is 0 Å². The van der Waals surface area contributed by atoms with Crippen molar-refractivity contribution in [1.29, 1.82) is 0 Å². The molecule has 1 unspecified atom stereocenters.